The molecule has 20 heavy (non-hydrogen) atoms. The minimum Gasteiger partial charge on any atom is -0.373 e. The average molecular weight is 296 g/mol. The molecule has 1 heterocycles. The van der Waals surface area contributed by atoms with Crippen molar-refractivity contribution >= 4 is 23.3 Å². The molecule has 0 radical (unpaired) electrons. The van der Waals surface area contributed by atoms with Gasteiger partial charge in [0.05, 0.1) is 0 Å². The Bertz CT molecular complexity index is 486. The van der Waals surface area contributed by atoms with Gasteiger partial charge in [-0.3, -0.25) is 4.79 Å². The fraction of sp³-hybridized carbons (Fsp3) is 0.600. The summed E-state index contributed by atoms with van der Waals surface area (Å²) in [5, 5.41) is 3.28. The molecule has 1 fully saturated rings. The monoisotopic (exact) mass is 295 g/mol. The fourth-order valence-electron chi connectivity index (χ4n) is 2.15. The first-order valence-electron chi connectivity index (χ1n) is 7.17. The van der Waals surface area contributed by atoms with Gasteiger partial charge in [0.2, 0.25) is 0 Å². The standard InChI is InChI=1S/C15H22ClN3O/c1-10(2)6-7-19(12-4-5-12)15(20)11-8-13(16)18-14(9-11)17-3/h8-10,12H,4-7H2,1-3H3,(H,17,18). The molecular formula is C15H22ClN3O. The van der Waals surface area contributed by atoms with Gasteiger partial charge in [-0.1, -0.05) is 25.4 Å². The van der Waals surface area contributed by atoms with E-state index in [1.54, 1.807) is 19.2 Å². The molecule has 0 unspecified atom stereocenters. The Hall–Kier alpha value is -1.29. The number of rotatable bonds is 6. The highest BCUT2D eigenvalue weighted by molar-refractivity contribution is 6.29. The number of halogens is 1. The maximum atomic E-state index is 12.7. The quantitative estimate of drug-likeness (QED) is 0.818. The van der Waals surface area contributed by atoms with Crippen LogP contribution in [0.1, 0.15) is 43.5 Å². The van der Waals surface area contributed by atoms with E-state index in [1.807, 2.05) is 4.90 Å². The van der Waals surface area contributed by atoms with Crippen LogP contribution in [0.3, 0.4) is 0 Å². The topological polar surface area (TPSA) is 45.2 Å². The van der Waals surface area contributed by atoms with E-state index in [1.165, 1.54) is 0 Å². The van der Waals surface area contributed by atoms with Crippen molar-refractivity contribution in [2.75, 3.05) is 18.9 Å². The molecule has 0 bridgehead atoms. The first-order valence-corrected chi connectivity index (χ1v) is 7.55. The van der Waals surface area contributed by atoms with Crippen LogP contribution in [-0.2, 0) is 0 Å². The smallest absolute Gasteiger partial charge is 0.254 e. The molecule has 1 N–H and O–H groups in total. The number of nitrogens with zero attached hydrogens (tertiary/aromatic N) is 2. The molecule has 1 saturated carbocycles. The van der Waals surface area contributed by atoms with Crippen LogP contribution < -0.4 is 5.32 Å². The second-order valence-corrected chi connectivity index (χ2v) is 6.11. The lowest BCUT2D eigenvalue weighted by Gasteiger charge is -2.23. The molecule has 0 atom stereocenters. The van der Waals surface area contributed by atoms with Gasteiger partial charge in [-0.15, -0.1) is 0 Å². The Kier molecular flexibility index (Phi) is 4.86. The van der Waals surface area contributed by atoms with Gasteiger partial charge < -0.3 is 10.2 Å². The Morgan fingerprint density at radius 3 is 2.75 bits per heavy atom. The lowest BCUT2D eigenvalue weighted by Crippen LogP contribution is -2.34. The second kappa shape index (κ2) is 6.44. The molecule has 1 aromatic rings. The molecule has 0 aromatic carbocycles. The summed E-state index contributed by atoms with van der Waals surface area (Å²) in [5.41, 5.74) is 0.616. The molecule has 0 saturated heterocycles. The molecular weight excluding hydrogens is 274 g/mol. The van der Waals surface area contributed by atoms with Crippen LogP contribution in [0.25, 0.3) is 0 Å². The van der Waals surface area contributed by atoms with E-state index in [-0.39, 0.29) is 5.91 Å². The summed E-state index contributed by atoms with van der Waals surface area (Å²) in [6.45, 7) is 5.17. The minimum absolute atomic E-state index is 0.0638. The molecule has 110 valence electrons. The summed E-state index contributed by atoms with van der Waals surface area (Å²) in [6.07, 6.45) is 3.25. The summed E-state index contributed by atoms with van der Waals surface area (Å²) in [5.74, 6) is 1.28. The zero-order chi connectivity index (χ0) is 14.7. The summed E-state index contributed by atoms with van der Waals surface area (Å²) in [6, 6.07) is 3.82. The van der Waals surface area contributed by atoms with Crippen molar-refractivity contribution in [2.45, 2.75) is 39.2 Å². The molecule has 1 aliphatic carbocycles. The number of nitrogens with one attached hydrogen (secondary N) is 1. The highest BCUT2D eigenvalue weighted by Crippen LogP contribution is 2.29. The molecule has 0 aliphatic heterocycles. The number of hydrogen-bond donors (Lipinski definition) is 1. The number of aromatic nitrogens is 1. The molecule has 4 nitrogen and oxygen atoms in total. The SMILES string of the molecule is CNc1cc(C(=O)N(CCC(C)C)C2CC2)cc(Cl)n1. The summed E-state index contributed by atoms with van der Waals surface area (Å²) < 4.78 is 0. The van der Waals surface area contributed by atoms with Gasteiger partial charge in [0, 0.05) is 25.2 Å². The number of pyridine rings is 1. The number of anilines is 1. The predicted molar refractivity (Wildman–Crippen MR) is 82.3 cm³/mol. The van der Waals surface area contributed by atoms with E-state index in [0.717, 1.165) is 25.8 Å². The van der Waals surface area contributed by atoms with Crippen LogP contribution in [0.2, 0.25) is 5.15 Å². The van der Waals surface area contributed by atoms with Gasteiger partial charge in [-0.2, -0.15) is 0 Å². The van der Waals surface area contributed by atoms with Crippen LogP contribution in [-0.4, -0.2) is 35.4 Å². The zero-order valence-electron chi connectivity index (χ0n) is 12.3. The predicted octanol–water partition coefficient (Wildman–Crippen LogP) is 3.43. The van der Waals surface area contributed by atoms with Crippen molar-refractivity contribution < 1.29 is 4.79 Å². The van der Waals surface area contributed by atoms with E-state index in [4.69, 9.17) is 11.6 Å². The van der Waals surface area contributed by atoms with Gasteiger partial charge in [0.15, 0.2) is 0 Å². The van der Waals surface area contributed by atoms with Crippen molar-refractivity contribution in [1.82, 2.24) is 9.88 Å². The van der Waals surface area contributed by atoms with E-state index in [0.29, 0.717) is 28.5 Å². The van der Waals surface area contributed by atoms with Crippen molar-refractivity contribution in [3.05, 3.63) is 22.8 Å². The number of carbonyl (C=O) groups is 1. The molecule has 2 rings (SSSR count). The van der Waals surface area contributed by atoms with Crippen molar-refractivity contribution in [3.8, 4) is 0 Å². The molecule has 5 heteroatoms. The highest BCUT2D eigenvalue weighted by atomic mass is 35.5. The second-order valence-electron chi connectivity index (χ2n) is 5.73. The third kappa shape index (κ3) is 3.85. The normalized spacial score (nSPS) is 14.4. The van der Waals surface area contributed by atoms with Gasteiger partial charge in [-0.25, -0.2) is 4.98 Å². The van der Waals surface area contributed by atoms with Crippen molar-refractivity contribution in [2.24, 2.45) is 5.92 Å². The third-order valence-corrected chi connectivity index (χ3v) is 3.69. The van der Waals surface area contributed by atoms with E-state index in [9.17, 15) is 4.79 Å². The van der Waals surface area contributed by atoms with E-state index >= 15 is 0 Å². The van der Waals surface area contributed by atoms with Crippen LogP contribution in [0.4, 0.5) is 5.82 Å². The van der Waals surface area contributed by atoms with Crippen molar-refractivity contribution in [3.63, 3.8) is 0 Å². The molecule has 1 aliphatic rings. The van der Waals surface area contributed by atoms with Gasteiger partial charge in [0.25, 0.3) is 5.91 Å². The molecule has 0 spiro atoms. The van der Waals surface area contributed by atoms with Crippen molar-refractivity contribution in [1.29, 1.82) is 0 Å². The van der Waals surface area contributed by atoms with Crippen LogP contribution in [0.5, 0.6) is 0 Å². The van der Waals surface area contributed by atoms with Gasteiger partial charge >= 0.3 is 0 Å². The molecule has 1 amide bonds. The third-order valence-electron chi connectivity index (χ3n) is 3.49. The van der Waals surface area contributed by atoms with Crippen LogP contribution in [0.15, 0.2) is 12.1 Å². The first kappa shape index (κ1) is 15.1. The van der Waals surface area contributed by atoms with Crippen LogP contribution in [0, 0.1) is 5.92 Å². The van der Waals surface area contributed by atoms with E-state index < -0.39 is 0 Å². The largest absolute Gasteiger partial charge is 0.373 e. The minimum atomic E-state index is 0.0638. The van der Waals surface area contributed by atoms with E-state index in [2.05, 4.69) is 24.1 Å². The summed E-state index contributed by atoms with van der Waals surface area (Å²) >= 11 is 5.98. The Morgan fingerprint density at radius 1 is 1.50 bits per heavy atom. The lowest BCUT2D eigenvalue weighted by atomic mass is 10.1. The van der Waals surface area contributed by atoms with Crippen LogP contribution >= 0.6 is 11.6 Å². The zero-order valence-corrected chi connectivity index (χ0v) is 13.1. The summed E-state index contributed by atoms with van der Waals surface area (Å²) in [4.78, 5) is 18.8. The Balaban J connectivity index is 2.16. The number of carbonyl (C=O) groups excluding carboxylic acids is 1. The lowest BCUT2D eigenvalue weighted by molar-refractivity contribution is 0.0735. The Morgan fingerprint density at radius 2 is 2.20 bits per heavy atom. The number of amides is 1. The van der Waals surface area contributed by atoms with Gasteiger partial charge in [-0.05, 0) is 37.3 Å². The summed E-state index contributed by atoms with van der Waals surface area (Å²) in [7, 11) is 1.77. The fourth-order valence-corrected chi connectivity index (χ4v) is 2.36. The molecule has 1 aromatic heterocycles. The Labute approximate surface area is 125 Å². The first-order chi connectivity index (χ1) is 9.51. The average Bonchev–Trinajstić information content (AvgIpc) is 3.22. The maximum absolute atomic E-state index is 12.7. The maximum Gasteiger partial charge on any atom is 0.254 e. The number of hydrogen-bond acceptors (Lipinski definition) is 3. The highest BCUT2D eigenvalue weighted by Gasteiger charge is 2.33. The van der Waals surface area contributed by atoms with Gasteiger partial charge in [0.1, 0.15) is 11.0 Å².